The highest BCUT2D eigenvalue weighted by Gasteiger charge is 2.31. The first-order valence-electron chi connectivity index (χ1n) is 8.40. The van der Waals surface area contributed by atoms with E-state index in [2.05, 4.69) is 20.8 Å². The maximum absolute atomic E-state index is 11.9. The summed E-state index contributed by atoms with van der Waals surface area (Å²) in [4.78, 5) is 23.5. The van der Waals surface area contributed by atoms with Crippen LogP contribution in [0, 0.1) is 0 Å². The average Bonchev–Trinajstić information content (AvgIpc) is 3.38. The fraction of sp³-hybridized carbons (Fsp3) is 0.412. The number of aromatic nitrogens is 3. The minimum absolute atomic E-state index is 0.106. The average molecular weight is 359 g/mol. The molecule has 3 rings (SSSR count). The summed E-state index contributed by atoms with van der Waals surface area (Å²) >= 11 is 1.28. The first-order chi connectivity index (χ1) is 12.2. The maximum atomic E-state index is 11.9. The quantitative estimate of drug-likeness (QED) is 0.742. The van der Waals surface area contributed by atoms with Crippen molar-refractivity contribution in [2.45, 2.75) is 37.3 Å². The predicted molar refractivity (Wildman–Crippen MR) is 95.9 cm³/mol. The van der Waals surface area contributed by atoms with Gasteiger partial charge in [-0.25, -0.2) is 4.79 Å². The Morgan fingerprint density at radius 1 is 1.24 bits per heavy atom. The Balaban J connectivity index is 1.67. The lowest BCUT2D eigenvalue weighted by Gasteiger charge is -2.09. The van der Waals surface area contributed by atoms with Gasteiger partial charge in [0.15, 0.2) is 5.16 Å². The SMILES string of the molecule is CCCNC(=O)NC(=O)CSc1nnc(C2CC2)n1-c1ccccc1. The molecule has 2 N–H and O–H groups in total. The molecular weight excluding hydrogens is 338 g/mol. The summed E-state index contributed by atoms with van der Waals surface area (Å²) in [6.07, 6.45) is 3.06. The van der Waals surface area contributed by atoms with Gasteiger partial charge in [-0.15, -0.1) is 10.2 Å². The zero-order valence-electron chi connectivity index (χ0n) is 14.1. The third-order valence-electron chi connectivity index (χ3n) is 3.74. The number of amides is 3. The van der Waals surface area contributed by atoms with Crippen LogP contribution < -0.4 is 10.6 Å². The lowest BCUT2D eigenvalue weighted by molar-refractivity contribution is -0.117. The second kappa shape index (κ2) is 8.15. The summed E-state index contributed by atoms with van der Waals surface area (Å²) in [5.74, 6) is 1.13. The predicted octanol–water partition coefficient (Wildman–Crippen LogP) is 2.47. The summed E-state index contributed by atoms with van der Waals surface area (Å²) in [6.45, 7) is 2.49. The molecule has 1 heterocycles. The fourth-order valence-electron chi connectivity index (χ4n) is 2.38. The first-order valence-corrected chi connectivity index (χ1v) is 9.38. The third kappa shape index (κ3) is 4.60. The minimum atomic E-state index is -0.462. The smallest absolute Gasteiger partial charge is 0.321 e. The highest BCUT2D eigenvalue weighted by molar-refractivity contribution is 7.99. The molecule has 1 aromatic heterocycles. The van der Waals surface area contributed by atoms with Crippen molar-refractivity contribution in [3.8, 4) is 5.69 Å². The Kier molecular flexibility index (Phi) is 5.70. The summed E-state index contributed by atoms with van der Waals surface area (Å²) in [7, 11) is 0. The van der Waals surface area contributed by atoms with Gasteiger partial charge in [0.25, 0.3) is 0 Å². The molecule has 0 aliphatic heterocycles. The van der Waals surface area contributed by atoms with Crippen LogP contribution >= 0.6 is 11.8 Å². The second-order valence-electron chi connectivity index (χ2n) is 5.88. The molecule has 1 aliphatic carbocycles. The van der Waals surface area contributed by atoms with Crippen LogP contribution in [0.5, 0.6) is 0 Å². The van der Waals surface area contributed by atoms with E-state index in [0.717, 1.165) is 30.8 Å². The number of hydrogen-bond donors (Lipinski definition) is 2. The number of nitrogens with one attached hydrogen (secondary N) is 2. The van der Waals surface area contributed by atoms with E-state index in [9.17, 15) is 9.59 Å². The van der Waals surface area contributed by atoms with Gasteiger partial charge < -0.3 is 5.32 Å². The van der Waals surface area contributed by atoms with Gasteiger partial charge in [-0.05, 0) is 31.4 Å². The van der Waals surface area contributed by atoms with E-state index in [1.807, 2.05) is 41.8 Å². The minimum Gasteiger partial charge on any atom is -0.338 e. The lowest BCUT2D eigenvalue weighted by atomic mass is 10.3. The number of para-hydroxylation sites is 1. The zero-order chi connectivity index (χ0) is 17.6. The van der Waals surface area contributed by atoms with Crippen LogP contribution in [-0.4, -0.2) is 39.0 Å². The molecule has 0 bridgehead atoms. The molecular formula is C17H21N5O2S. The number of rotatable bonds is 7. The number of urea groups is 1. The van der Waals surface area contributed by atoms with Gasteiger partial charge in [-0.3, -0.25) is 14.7 Å². The second-order valence-corrected chi connectivity index (χ2v) is 6.82. The van der Waals surface area contributed by atoms with E-state index in [1.165, 1.54) is 11.8 Å². The van der Waals surface area contributed by atoms with Crippen molar-refractivity contribution in [1.29, 1.82) is 0 Å². The van der Waals surface area contributed by atoms with Crippen molar-refractivity contribution in [3.05, 3.63) is 36.2 Å². The van der Waals surface area contributed by atoms with Gasteiger partial charge in [0, 0.05) is 18.2 Å². The summed E-state index contributed by atoms with van der Waals surface area (Å²) in [5, 5.41) is 14.2. The summed E-state index contributed by atoms with van der Waals surface area (Å²) < 4.78 is 2.01. The number of nitrogens with zero attached hydrogens (tertiary/aromatic N) is 3. The normalized spacial score (nSPS) is 13.5. The Labute approximate surface area is 150 Å². The van der Waals surface area contributed by atoms with Crippen molar-refractivity contribution < 1.29 is 9.59 Å². The van der Waals surface area contributed by atoms with Crippen molar-refractivity contribution in [2.24, 2.45) is 0 Å². The van der Waals surface area contributed by atoms with Crippen molar-refractivity contribution in [2.75, 3.05) is 12.3 Å². The Bertz CT molecular complexity index is 743. The molecule has 0 unspecified atom stereocenters. The molecule has 1 fully saturated rings. The highest BCUT2D eigenvalue weighted by atomic mass is 32.2. The largest absolute Gasteiger partial charge is 0.338 e. The van der Waals surface area contributed by atoms with Gasteiger partial charge in [0.1, 0.15) is 5.82 Å². The number of benzene rings is 1. The van der Waals surface area contributed by atoms with E-state index >= 15 is 0 Å². The van der Waals surface area contributed by atoms with E-state index in [0.29, 0.717) is 17.6 Å². The molecule has 1 saturated carbocycles. The summed E-state index contributed by atoms with van der Waals surface area (Å²) in [5.41, 5.74) is 0.984. The number of imide groups is 1. The number of hydrogen-bond acceptors (Lipinski definition) is 5. The fourth-order valence-corrected chi connectivity index (χ4v) is 3.13. The van der Waals surface area contributed by atoms with Crippen molar-refractivity contribution in [3.63, 3.8) is 0 Å². The summed E-state index contributed by atoms with van der Waals surface area (Å²) in [6, 6.07) is 9.42. The maximum Gasteiger partial charge on any atom is 0.321 e. The Morgan fingerprint density at radius 3 is 2.68 bits per heavy atom. The van der Waals surface area contributed by atoms with Crippen LogP contribution in [0.15, 0.2) is 35.5 Å². The van der Waals surface area contributed by atoms with Gasteiger partial charge in [0.2, 0.25) is 5.91 Å². The van der Waals surface area contributed by atoms with Gasteiger partial charge in [-0.2, -0.15) is 0 Å². The molecule has 0 radical (unpaired) electrons. The van der Waals surface area contributed by atoms with Gasteiger partial charge in [0.05, 0.1) is 5.75 Å². The number of thioether (sulfide) groups is 1. The first kappa shape index (κ1) is 17.5. The van der Waals surface area contributed by atoms with Crippen molar-refractivity contribution >= 4 is 23.7 Å². The van der Waals surface area contributed by atoms with E-state index in [1.54, 1.807) is 0 Å². The number of carbonyl (C=O) groups is 2. The van der Waals surface area contributed by atoms with E-state index < -0.39 is 6.03 Å². The molecule has 3 amide bonds. The van der Waals surface area contributed by atoms with Crippen LogP contribution in [0.4, 0.5) is 4.79 Å². The molecule has 1 aliphatic rings. The molecule has 0 spiro atoms. The highest BCUT2D eigenvalue weighted by Crippen LogP contribution is 2.41. The molecule has 2 aromatic rings. The standard InChI is InChI=1S/C17H21N5O2S/c1-2-10-18-16(24)19-14(23)11-25-17-21-20-15(12-8-9-12)22(17)13-6-4-3-5-7-13/h3-7,12H,2,8-11H2,1H3,(H2,18,19,23,24). The topological polar surface area (TPSA) is 88.9 Å². The van der Waals surface area contributed by atoms with Gasteiger partial charge in [-0.1, -0.05) is 36.9 Å². The molecule has 0 atom stereocenters. The van der Waals surface area contributed by atoms with Crippen LogP contribution in [0.3, 0.4) is 0 Å². The van der Waals surface area contributed by atoms with Crippen LogP contribution in [0.25, 0.3) is 5.69 Å². The van der Waals surface area contributed by atoms with Crippen LogP contribution in [0.1, 0.15) is 37.9 Å². The van der Waals surface area contributed by atoms with Crippen LogP contribution in [0.2, 0.25) is 0 Å². The number of carbonyl (C=O) groups excluding carboxylic acids is 2. The molecule has 132 valence electrons. The molecule has 25 heavy (non-hydrogen) atoms. The molecule has 1 aromatic carbocycles. The Hall–Kier alpha value is -2.35. The van der Waals surface area contributed by atoms with Gasteiger partial charge >= 0.3 is 6.03 Å². The zero-order valence-corrected chi connectivity index (χ0v) is 14.9. The van der Waals surface area contributed by atoms with E-state index in [4.69, 9.17) is 0 Å². The monoisotopic (exact) mass is 359 g/mol. The molecule has 0 saturated heterocycles. The third-order valence-corrected chi connectivity index (χ3v) is 4.67. The molecule has 7 nitrogen and oxygen atoms in total. The van der Waals surface area contributed by atoms with Crippen LogP contribution in [-0.2, 0) is 4.79 Å². The van der Waals surface area contributed by atoms with Crippen molar-refractivity contribution in [1.82, 2.24) is 25.4 Å². The Morgan fingerprint density at radius 2 is 2.00 bits per heavy atom. The van der Waals surface area contributed by atoms with E-state index in [-0.39, 0.29) is 11.7 Å². The lowest BCUT2D eigenvalue weighted by Crippen LogP contribution is -2.40. The molecule has 8 heteroatoms.